The minimum Gasteiger partial charge on any atom is -0.477 e. The van der Waals surface area contributed by atoms with Crippen molar-refractivity contribution in [3.63, 3.8) is 0 Å². The minimum atomic E-state index is -3.23. The van der Waals surface area contributed by atoms with Crippen LogP contribution in [-0.2, 0) is 19.2 Å². The maximum absolute atomic E-state index is 13.1. The number of aliphatic carboxylic acids is 1. The number of thioether (sulfide) groups is 1. The normalized spacial score (nSPS) is 29.0. The second kappa shape index (κ2) is 12.2. The number of nitrogens with two attached hydrogens (primary N) is 1. The molecule has 1 aromatic rings. The summed E-state index contributed by atoms with van der Waals surface area (Å²) in [4.78, 5) is 65.9. The number of carbonyl (C=O) groups is 5. The Hall–Kier alpha value is -3.56. The second-order valence-corrected chi connectivity index (χ2v) is 12.8. The van der Waals surface area contributed by atoms with E-state index in [1.807, 2.05) is 0 Å². The topological polar surface area (TPSA) is 174 Å². The summed E-state index contributed by atoms with van der Waals surface area (Å²) < 4.78 is 25.5. The van der Waals surface area contributed by atoms with Gasteiger partial charge in [0.15, 0.2) is 0 Å². The standard InChI is InChI=1S/C28H34F2N6O6S/c1-12-20-19(13(2)33-25(38)23(29)30)27(40)36(20)21(28(41)42)22(12)43-17-9-18(32-10-17)24(37)34-16-5-3-4-14(8-16)26(39)35-7-6-15(31)11-35/h3-5,8,12-13,15,17-20,23,32H,6-7,9-11,31H2,1-2H3,(H,33,38)(H,34,37)(H,41,42)/t12-,13?,15-,17+,18+,19-,20-/m1/s1. The Balaban J connectivity index is 1.21. The third-order valence-electron chi connectivity index (χ3n) is 8.49. The molecular formula is C28H34F2N6O6S. The van der Waals surface area contributed by atoms with Crippen LogP contribution in [0.2, 0.25) is 0 Å². The van der Waals surface area contributed by atoms with Gasteiger partial charge in [-0.15, -0.1) is 11.8 Å². The van der Waals surface area contributed by atoms with Crippen molar-refractivity contribution >= 4 is 47.0 Å². The van der Waals surface area contributed by atoms with E-state index in [4.69, 9.17) is 5.73 Å². The first-order valence-electron chi connectivity index (χ1n) is 14.1. The molecule has 0 aromatic heterocycles. The molecule has 12 nitrogen and oxygen atoms in total. The van der Waals surface area contributed by atoms with Gasteiger partial charge in [-0.1, -0.05) is 13.0 Å². The summed E-state index contributed by atoms with van der Waals surface area (Å²) >= 11 is 1.28. The van der Waals surface area contributed by atoms with Crippen molar-refractivity contribution in [2.75, 3.05) is 25.0 Å². The monoisotopic (exact) mass is 620 g/mol. The molecular weight excluding hydrogens is 586 g/mol. The van der Waals surface area contributed by atoms with Crippen LogP contribution in [-0.4, -0.2) is 100.0 Å². The molecule has 3 fully saturated rings. The molecule has 5 rings (SSSR count). The maximum atomic E-state index is 13.1. The zero-order chi connectivity index (χ0) is 31.2. The Morgan fingerprint density at radius 1 is 1.23 bits per heavy atom. The highest BCUT2D eigenvalue weighted by atomic mass is 32.2. The third kappa shape index (κ3) is 5.97. The van der Waals surface area contributed by atoms with Crippen LogP contribution >= 0.6 is 11.8 Å². The molecule has 1 unspecified atom stereocenters. The Labute approximate surface area is 250 Å². The number of fused-ring (bicyclic) bond motifs is 1. The van der Waals surface area contributed by atoms with E-state index < -0.39 is 54.2 Å². The number of carboxylic acids is 1. The smallest absolute Gasteiger partial charge is 0.353 e. The number of β-lactam (4-membered cyclic amide) rings is 1. The van der Waals surface area contributed by atoms with E-state index in [2.05, 4.69) is 16.0 Å². The molecule has 7 atom stereocenters. The minimum absolute atomic E-state index is 0.0425. The lowest BCUT2D eigenvalue weighted by Crippen LogP contribution is -2.66. The Bertz CT molecular complexity index is 1380. The number of alkyl halides is 2. The lowest BCUT2D eigenvalue weighted by molar-refractivity contribution is -0.159. The number of nitrogens with one attached hydrogen (secondary N) is 3. The van der Waals surface area contributed by atoms with Gasteiger partial charge in [0.25, 0.3) is 11.8 Å². The molecule has 0 spiro atoms. The molecule has 0 bridgehead atoms. The molecule has 15 heteroatoms. The predicted octanol–water partition coefficient (Wildman–Crippen LogP) is 0.805. The van der Waals surface area contributed by atoms with Crippen molar-refractivity contribution in [1.29, 1.82) is 0 Å². The maximum Gasteiger partial charge on any atom is 0.353 e. The summed E-state index contributed by atoms with van der Waals surface area (Å²) in [6, 6.07) is 4.59. The van der Waals surface area contributed by atoms with E-state index in [1.165, 1.54) is 23.6 Å². The van der Waals surface area contributed by atoms with Gasteiger partial charge in [0, 0.05) is 59.0 Å². The average Bonchev–Trinajstić information content (AvgIpc) is 3.66. The Morgan fingerprint density at radius 2 is 1.98 bits per heavy atom. The molecule has 0 aliphatic carbocycles. The van der Waals surface area contributed by atoms with Gasteiger partial charge in [0.1, 0.15) is 5.70 Å². The molecule has 232 valence electrons. The van der Waals surface area contributed by atoms with Gasteiger partial charge in [0.2, 0.25) is 11.8 Å². The Morgan fingerprint density at radius 3 is 2.63 bits per heavy atom. The number of anilines is 1. The van der Waals surface area contributed by atoms with Gasteiger partial charge in [-0.3, -0.25) is 19.2 Å². The first-order valence-corrected chi connectivity index (χ1v) is 15.0. The lowest BCUT2D eigenvalue weighted by Gasteiger charge is -2.47. The highest BCUT2D eigenvalue weighted by Gasteiger charge is 2.60. The van der Waals surface area contributed by atoms with Crippen LogP contribution in [0.15, 0.2) is 34.9 Å². The van der Waals surface area contributed by atoms with Crippen LogP contribution < -0.4 is 21.7 Å². The fourth-order valence-electron chi connectivity index (χ4n) is 6.36. The number of benzene rings is 1. The lowest BCUT2D eigenvalue weighted by atomic mass is 9.78. The second-order valence-electron chi connectivity index (χ2n) is 11.4. The number of hydrogen-bond acceptors (Lipinski definition) is 8. The average molecular weight is 621 g/mol. The highest BCUT2D eigenvalue weighted by molar-refractivity contribution is 8.03. The Kier molecular flexibility index (Phi) is 8.77. The van der Waals surface area contributed by atoms with Crippen LogP contribution in [0.4, 0.5) is 14.5 Å². The van der Waals surface area contributed by atoms with Crippen molar-refractivity contribution in [2.24, 2.45) is 17.6 Å². The highest BCUT2D eigenvalue weighted by Crippen LogP contribution is 2.51. The number of hydrogen-bond donors (Lipinski definition) is 5. The first-order chi connectivity index (χ1) is 20.4. The van der Waals surface area contributed by atoms with E-state index in [9.17, 15) is 37.9 Å². The van der Waals surface area contributed by atoms with Gasteiger partial charge < -0.3 is 36.6 Å². The summed E-state index contributed by atoms with van der Waals surface area (Å²) in [5.74, 6) is -5.01. The largest absolute Gasteiger partial charge is 0.477 e. The zero-order valence-corrected chi connectivity index (χ0v) is 24.4. The van der Waals surface area contributed by atoms with E-state index in [0.717, 1.165) is 6.42 Å². The first kappa shape index (κ1) is 30.9. The zero-order valence-electron chi connectivity index (χ0n) is 23.6. The van der Waals surface area contributed by atoms with Crippen LogP contribution in [0.25, 0.3) is 0 Å². The van der Waals surface area contributed by atoms with E-state index in [1.54, 1.807) is 36.1 Å². The molecule has 4 amide bonds. The quantitative estimate of drug-likeness (QED) is 0.250. The van der Waals surface area contributed by atoms with Gasteiger partial charge in [-0.25, -0.2) is 4.79 Å². The molecule has 0 radical (unpaired) electrons. The number of likely N-dealkylation sites (tertiary alicyclic amines) is 1. The summed E-state index contributed by atoms with van der Waals surface area (Å²) in [6.45, 7) is 4.70. The van der Waals surface area contributed by atoms with Crippen molar-refractivity contribution in [2.45, 2.75) is 62.5 Å². The van der Waals surface area contributed by atoms with Crippen molar-refractivity contribution in [3.05, 3.63) is 40.4 Å². The molecule has 3 saturated heterocycles. The number of nitrogens with zero attached hydrogens (tertiary/aromatic N) is 2. The molecule has 4 heterocycles. The van der Waals surface area contributed by atoms with Crippen molar-refractivity contribution in [1.82, 2.24) is 20.4 Å². The number of amides is 4. The van der Waals surface area contributed by atoms with E-state index >= 15 is 0 Å². The van der Waals surface area contributed by atoms with Crippen LogP contribution in [0.1, 0.15) is 37.0 Å². The summed E-state index contributed by atoms with van der Waals surface area (Å²) in [6.07, 6.45) is -2.10. The number of carbonyl (C=O) groups excluding carboxylic acids is 4. The molecule has 6 N–H and O–H groups in total. The van der Waals surface area contributed by atoms with Gasteiger partial charge >= 0.3 is 12.4 Å². The van der Waals surface area contributed by atoms with Gasteiger partial charge in [-0.05, 0) is 38.0 Å². The van der Waals surface area contributed by atoms with Crippen LogP contribution in [0, 0.1) is 11.8 Å². The number of rotatable bonds is 9. The summed E-state index contributed by atoms with van der Waals surface area (Å²) in [5.41, 5.74) is 6.69. The molecule has 4 aliphatic heterocycles. The molecule has 4 aliphatic rings. The number of carboxylic acid groups (broad SMARTS) is 1. The fourth-order valence-corrected chi connectivity index (χ4v) is 7.84. The van der Waals surface area contributed by atoms with Crippen molar-refractivity contribution in [3.8, 4) is 0 Å². The SMILES string of the molecule is CC(NC(=O)C(F)F)[C@H]1C(=O)N2C(C(=O)O)=C(S[C@@H]3CN[C@H](C(=O)Nc4cccc(C(=O)N5CC[C@@H](N)C5)c4)C3)[C@H](C)[C@H]12. The van der Waals surface area contributed by atoms with Crippen LogP contribution in [0.3, 0.4) is 0 Å². The van der Waals surface area contributed by atoms with Crippen LogP contribution in [0.5, 0.6) is 0 Å². The predicted molar refractivity (Wildman–Crippen MR) is 153 cm³/mol. The molecule has 43 heavy (non-hydrogen) atoms. The summed E-state index contributed by atoms with van der Waals surface area (Å²) in [5, 5.41) is 17.9. The van der Waals surface area contributed by atoms with Gasteiger partial charge in [-0.2, -0.15) is 8.78 Å². The molecule has 0 saturated carbocycles. The summed E-state index contributed by atoms with van der Waals surface area (Å²) in [7, 11) is 0. The third-order valence-corrected chi connectivity index (χ3v) is 10.00. The fraction of sp³-hybridized carbons (Fsp3) is 0.536. The molecule has 1 aromatic carbocycles. The number of halogens is 2. The van der Waals surface area contributed by atoms with Crippen molar-refractivity contribution < 1.29 is 37.9 Å². The van der Waals surface area contributed by atoms with E-state index in [0.29, 0.717) is 42.2 Å². The van der Waals surface area contributed by atoms with E-state index in [-0.39, 0.29) is 28.8 Å². The van der Waals surface area contributed by atoms with Gasteiger partial charge in [0.05, 0.1) is 18.0 Å².